The van der Waals surface area contributed by atoms with E-state index in [1.165, 1.54) is 42.5 Å². The van der Waals surface area contributed by atoms with E-state index in [-0.39, 0.29) is 9.79 Å². The van der Waals surface area contributed by atoms with Gasteiger partial charge in [-0.05, 0) is 35.9 Å². The van der Waals surface area contributed by atoms with Crippen molar-refractivity contribution in [3.05, 3.63) is 54.1 Å². The number of anilines is 1. The lowest BCUT2D eigenvalue weighted by molar-refractivity contribution is 0.596. The summed E-state index contributed by atoms with van der Waals surface area (Å²) >= 11 is 0. The zero-order valence-electron chi connectivity index (χ0n) is 11.2. The molecule has 0 saturated carbocycles. The zero-order valence-corrected chi connectivity index (χ0v) is 12.9. The van der Waals surface area contributed by atoms with Gasteiger partial charge in [0, 0.05) is 11.9 Å². The molecule has 0 saturated heterocycles. The quantitative estimate of drug-likeness (QED) is 0.625. The minimum Gasteiger partial charge on any atom is -0.399 e. The third-order valence-corrected chi connectivity index (χ3v) is 4.87. The van der Waals surface area contributed by atoms with E-state index in [0.29, 0.717) is 11.3 Å². The van der Waals surface area contributed by atoms with Gasteiger partial charge in [-0.2, -0.15) is 12.8 Å². The molecule has 4 N–H and O–H groups in total. The second-order valence-corrected chi connectivity index (χ2v) is 7.59. The lowest BCUT2D eigenvalue weighted by Crippen LogP contribution is -2.11. The van der Waals surface area contributed by atoms with Crippen molar-refractivity contribution in [3.8, 4) is 0 Å². The first-order valence-electron chi connectivity index (χ1n) is 5.97. The highest BCUT2D eigenvalue weighted by Gasteiger charge is 2.12. The minimum absolute atomic E-state index is 0.0232. The smallest absolute Gasteiger partial charge is 0.282 e. The molecule has 2 rings (SSSR count). The summed E-state index contributed by atoms with van der Waals surface area (Å²) in [7, 11) is -7.66. The molecule has 2 aromatic rings. The number of nitrogens with zero attached hydrogens (tertiary/aromatic N) is 1. The van der Waals surface area contributed by atoms with E-state index in [1.54, 1.807) is 6.07 Å². The van der Waals surface area contributed by atoms with Crippen LogP contribution in [0.4, 0.5) is 5.69 Å². The van der Waals surface area contributed by atoms with E-state index in [9.17, 15) is 16.8 Å². The number of sulfonamides is 2. The summed E-state index contributed by atoms with van der Waals surface area (Å²) in [5.41, 5.74) is 6.27. The maximum absolute atomic E-state index is 12.0. The number of primary sulfonamides is 1. The Hall–Kier alpha value is -2.23. The molecule has 22 heavy (non-hydrogen) atoms. The zero-order chi connectivity index (χ0) is 16.4. The summed E-state index contributed by atoms with van der Waals surface area (Å²) in [6, 6.07) is 11.1. The molecule has 116 valence electrons. The van der Waals surface area contributed by atoms with Gasteiger partial charge in [0.1, 0.15) is 0 Å². The van der Waals surface area contributed by atoms with E-state index in [0.717, 1.165) is 6.21 Å². The topological polar surface area (TPSA) is 133 Å². The van der Waals surface area contributed by atoms with Crippen molar-refractivity contribution in [2.24, 2.45) is 9.54 Å². The first-order valence-corrected chi connectivity index (χ1v) is 8.96. The van der Waals surface area contributed by atoms with Crippen LogP contribution in [0.25, 0.3) is 0 Å². The fourth-order valence-corrected chi connectivity index (χ4v) is 3.04. The average molecular weight is 339 g/mol. The number of benzene rings is 2. The number of hydrogen-bond acceptors (Lipinski definition) is 5. The van der Waals surface area contributed by atoms with Crippen LogP contribution in [-0.4, -0.2) is 23.1 Å². The lowest BCUT2D eigenvalue weighted by Gasteiger charge is -2.00. The molecule has 0 heterocycles. The van der Waals surface area contributed by atoms with Crippen LogP contribution in [0.5, 0.6) is 0 Å². The molecule has 7 nitrogen and oxygen atoms in total. The van der Waals surface area contributed by atoms with Crippen molar-refractivity contribution in [3.63, 3.8) is 0 Å². The van der Waals surface area contributed by atoms with Gasteiger partial charge >= 0.3 is 0 Å². The summed E-state index contributed by atoms with van der Waals surface area (Å²) < 4.78 is 49.8. The van der Waals surface area contributed by atoms with Gasteiger partial charge in [-0.3, -0.25) is 0 Å². The maximum Gasteiger partial charge on any atom is 0.282 e. The van der Waals surface area contributed by atoms with Crippen LogP contribution in [0.2, 0.25) is 0 Å². The van der Waals surface area contributed by atoms with E-state index in [2.05, 4.69) is 4.40 Å². The molecule has 0 aromatic heterocycles. The fourth-order valence-electron chi connectivity index (χ4n) is 1.61. The summed E-state index contributed by atoms with van der Waals surface area (Å²) in [6.07, 6.45) is 1.12. The second kappa shape index (κ2) is 5.87. The summed E-state index contributed by atoms with van der Waals surface area (Å²) in [5, 5.41) is 4.97. The molecule has 0 bridgehead atoms. The molecule has 0 aliphatic carbocycles. The van der Waals surface area contributed by atoms with Gasteiger partial charge in [0.05, 0.1) is 9.79 Å². The molecule has 0 atom stereocenters. The number of nitrogens with two attached hydrogens (primary N) is 2. The van der Waals surface area contributed by atoms with E-state index < -0.39 is 20.0 Å². The molecule has 0 amide bonds. The van der Waals surface area contributed by atoms with Crippen LogP contribution >= 0.6 is 0 Å². The van der Waals surface area contributed by atoms with Gasteiger partial charge in [-0.1, -0.05) is 18.2 Å². The third kappa shape index (κ3) is 3.91. The van der Waals surface area contributed by atoms with Crippen LogP contribution in [0.15, 0.2) is 62.7 Å². The van der Waals surface area contributed by atoms with Gasteiger partial charge in [-0.15, -0.1) is 0 Å². The van der Waals surface area contributed by atoms with Crippen molar-refractivity contribution >= 4 is 31.9 Å². The van der Waals surface area contributed by atoms with Gasteiger partial charge in [0.25, 0.3) is 10.0 Å². The first kappa shape index (κ1) is 16.1. The standard InChI is InChI=1S/C13H13N3O4S2/c14-11-2-1-3-13(8-11)22(19,20)16-9-10-4-6-12(7-5-10)21(15,17)18/h1-9H,14H2,(H2,15,17,18)/b16-9+. The number of hydrogen-bond donors (Lipinski definition) is 2. The van der Waals surface area contributed by atoms with Gasteiger partial charge < -0.3 is 5.73 Å². The van der Waals surface area contributed by atoms with Gasteiger partial charge in [0.2, 0.25) is 10.0 Å². The molecule has 0 aliphatic rings. The SMILES string of the molecule is Nc1cccc(S(=O)(=O)/N=C/c2ccc(S(N)(=O)=O)cc2)c1. The highest BCUT2D eigenvalue weighted by Crippen LogP contribution is 2.15. The third-order valence-electron chi connectivity index (χ3n) is 2.71. The van der Waals surface area contributed by atoms with Crippen molar-refractivity contribution in [1.82, 2.24) is 0 Å². The summed E-state index contributed by atoms with van der Waals surface area (Å²) in [6.45, 7) is 0. The molecule has 0 unspecified atom stereocenters. The Morgan fingerprint density at radius 1 is 0.909 bits per heavy atom. The second-order valence-electron chi connectivity index (χ2n) is 4.40. The normalized spacial score (nSPS) is 12.6. The predicted octanol–water partition coefficient (Wildman–Crippen LogP) is 0.724. The highest BCUT2D eigenvalue weighted by molar-refractivity contribution is 7.90. The predicted molar refractivity (Wildman–Crippen MR) is 83.4 cm³/mol. The van der Waals surface area contributed by atoms with Crippen molar-refractivity contribution in [1.29, 1.82) is 0 Å². The average Bonchev–Trinajstić information content (AvgIpc) is 2.45. The molecule has 9 heteroatoms. The molecular weight excluding hydrogens is 326 g/mol. The van der Waals surface area contributed by atoms with E-state index >= 15 is 0 Å². The van der Waals surface area contributed by atoms with Crippen LogP contribution in [0.1, 0.15) is 5.56 Å². The molecule has 0 radical (unpaired) electrons. The van der Waals surface area contributed by atoms with Crippen LogP contribution in [0.3, 0.4) is 0 Å². The van der Waals surface area contributed by atoms with Crippen LogP contribution in [0, 0.1) is 0 Å². The maximum atomic E-state index is 12.0. The van der Waals surface area contributed by atoms with Crippen molar-refractivity contribution in [2.45, 2.75) is 9.79 Å². The Bertz CT molecular complexity index is 918. The van der Waals surface area contributed by atoms with Crippen molar-refractivity contribution < 1.29 is 16.8 Å². The van der Waals surface area contributed by atoms with E-state index in [1.807, 2.05) is 0 Å². The van der Waals surface area contributed by atoms with Crippen LogP contribution in [-0.2, 0) is 20.0 Å². The lowest BCUT2D eigenvalue weighted by atomic mass is 10.2. The first-order chi connectivity index (χ1) is 10.2. The molecule has 2 aromatic carbocycles. The Balaban J connectivity index is 2.28. The summed E-state index contributed by atoms with van der Waals surface area (Å²) in [4.78, 5) is -0.0896. The Kier molecular flexibility index (Phi) is 4.31. The largest absolute Gasteiger partial charge is 0.399 e. The minimum atomic E-state index is -3.87. The number of rotatable bonds is 4. The highest BCUT2D eigenvalue weighted by atomic mass is 32.2. The van der Waals surface area contributed by atoms with Gasteiger partial charge in [-0.25, -0.2) is 13.6 Å². The van der Waals surface area contributed by atoms with Gasteiger partial charge in [0.15, 0.2) is 0 Å². The fraction of sp³-hybridized carbons (Fsp3) is 0. The Labute approximate surface area is 128 Å². The monoisotopic (exact) mass is 339 g/mol. The molecule has 0 fully saturated rings. The Morgan fingerprint density at radius 2 is 1.55 bits per heavy atom. The van der Waals surface area contributed by atoms with E-state index in [4.69, 9.17) is 10.9 Å². The molecular formula is C13H13N3O4S2. The molecule has 0 aliphatic heterocycles. The summed E-state index contributed by atoms with van der Waals surface area (Å²) in [5.74, 6) is 0. The van der Waals surface area contributed by atoms with Crippen molar-refractivity contribution in [2.75, 3.05) is 5.73 Å². The molecule has 0 spiro atoms. The Morgan fingerprint density at radius 3 is 2.09 bits per heavy atom. The number of nitrogen functional groups attached to an aromatic ring is 1. The van der Waals surface area contributed by atoms with Crippen LogP contribution < -0.4 is 10.9 Å².